The summed E-state index contributed by atoms with van der Waals surface area (Å²) in [6.45, 7) is 9.56. The van der Waals surface area contributed by atoms with Crippen LogP contribution in [0.15, 0.2) is 18.3 Å². The lowest BCUT2D eigenvalue weighted by atomic mass is 9.88. The number of hydrogen-bond acceptors (Lipinski definition) is 1. The highest BCUT2D eigenvalue weighted by atomic mass is 14.9. The molecule has 0 spiro atoms. The zero-order valence-electron chi connectivity index (χ0n) is 12.1. The minimum atomic E-state index is 0.440. The van der Waals surface area contributed by atoms with Gasteiger partial charge in [-0.05, 0) is 43.5 Å². The van der Waals surface area contributed by atoms with Crippen LogP contribution in [0.4, 0.5) is 0 Å². The molecule has 1 heterocycles. The van der Waals surface area contributed by atoms with E-state index in [4.69, 9.17) is 5.73 Å². The summed E-state index contributed by atoms with van der Waals surface area (Å²) in [5, 5.41) is 1.37. The molecular formula is C16H24N2. The largest absolute Gasteiger partial charge is 0.350 e. The van der Waals surface area contributed by atoms with Crippen molar-refractivity contribution in [1.29, 1.82) is 0 Å². The smallest absolute Gasteiger partial charge is 0.0510 e. The lowest BCUT2D eigenvalue weighted by Crippen LogP contribution is -2.17. The minimum absolute atomic E-state index is 0.440. The highest BCUT2D eigenvalue weighted by molar-refractivity contribution is 5.88. The van der Waals surface area contributed by atoms with Gasteiger partial charge in [0, 0.05) is 24.5 Å². The molecule has 0 aliphatic rings. The number of hydrogen-bond donors (Lipinski definition) is 1. The van der Waals surface area contributed by atoms with E-state index in [9.17, 15) is 0 Å². The zero-order chi connectivity index (χ0) is 13.4. The summed E-state index contributed by atoms with van der Waals surface area (Å²) < 4.78 is 2.24. The van der Waals surface area contributed by atoms with Crippen LogP contribution < -0.4 is 5.73 Å². The molecule has 2 nitrogen and oxygen atoms in total. The molecule has 0 bridgehead atoms. The van der Waals surface area contributed by atoms with Crippen LogP contribution in [0.25, 0.3) is 10.9 Å². The third-order valence-electron chi connectivity index (χ3n) is 3.90. The molecule has 1 aromatic carbocycles. The summed E-state index contributed by atoms with van der Waals surface area (Å²) in [5.74, 6) is 1.01. The van der Waals surface area contributed by atoms with Crippen molar-refractivity contribution in [2.24, 2.45) is 18.7 Å². The van der Waals surface area contributed by atoms with Gasteiger partial charge in [0.1, 0.15) is 0 Å². The SMILES string of the molecule is Cc1cc(C)c2c(c1)c(C(CN)C(C)C)cn2C. The first-order valence-electron chi connectivity index (χ1n) is 6.72. The Morgan fingerprint density at radius 1 is 1.22 bits per heavy atom. The first-order chi connectivity index (χ1) is 8.45. The molecule has 0 amide bonds. The molecule has 0 aliphatic carbocycles. The molecule has 2 heteroatoms. The van der Waals surface area contributed by atoms with Gasteiger partial charge in [-0.2, -0.15) is 0 Å². The van der Waals surface area contributed by atoms with Crippen molar-refractivity contribution in [2.45, 2.75) is 33.6 Å². The molecule has 2 aromatic rings. The fraction of sp³-hybridized carbons (Fsp3) is 0.500. The second kappa shape index (κ2) is 4.77. The Kier molecular flexibility index (Phi) is 3.49. The van der Waals surface area contributed by atoms with Crippen molar-refractivity contribution in [3.05, 3.63) is 35.0 Å². The normalized spacial score (nSPS) is 13.5. The van der Waals surface area contributed by atoms with Crippen LogP contribution in [0.3, 0.4) is 0 Å². The number of aromatic nitrogens is 1. The van der Waals surface area contributed by atoms with Gasteiger partial charge in [0.15, 0.2) is 0 Å². The topological polar surface area (TPSA) is 30.9 Å². The van der Waals surface area contributed by atoms with E-state index in [1.807, 2.05) is 0 Å². The summed E-state index contributed by atoms with van der Waals surface area (Å²) in [5.41, 5.74) is 11.4. The van der Waals surface area contributed by atoms with E-state index in [1.165, 1.54) is 27.6 Å². The Labute approximate surface area is 110 Å². The predicted molar refractivity (Wildman–Crippen MR) is 79.0 cm³/mol. The number of rotatable bonds is 3. The van der Waals surface area contributed by atoms with E-state index in [0.717, 1.165) is 0 Å². The van der Waals surface area contributed by atoms with Crippen molar-refractivity contribution >= 4 is 10.9 Å². The van der Waals surface area contributed by atoms with Crippen LogP contribution in [0.5, 0.6) is 0 Å². The van der Waals surface area contributed by atoms with Crippen LogP contribution in [0.1, 0.15) is 36.5 Å². The van der Waals surface area contributed by atoms with Gasteiger partial charge in [-0.1, -0.05) is 25.5 Å². The fourth-order valence-electron chi connectivity index (χ4n) is 3.04. The lowest BCUT2D eigenvalue weighted by molar-refractivity contribution is 0.508. The Bertz CT molecular complexity index is 564. The van der Waals surface area contributed by atoms with Crippen LogP contribution in [0.2, 0.25) is 0 Å². The first-order valence-corrected chi connectivity index (χ1v) is 6.72. The molecule has 0 saturated carbocycles. The van der Waals surface area contributed by atoms with Crippen LogP contribution in [-0.4, -0.2) is 11.1 Å². The maximum atomic E-state index is 5.97. The second-order valence-corrected chi connectivity index (χ2v) is 5.76. The molecule has 1 unspecified atom stereocenters. The summed E-state index contributed by atoms with van der Waals surface area (Å²) in [4.78, 5) is 0. The molecular weight excluding hydrogens is 220 g/mol. The van der Waals surface area contributed by atoms with E-state index < -0.39 is 0 Å². The van der Waals surface area contributed by atoms with Crippen molar-refractivity contribution in [3.8, 4) is 0 Å². The maximum Gasteiger partial charge on any atom is 0.0510 e. The van der Waals surface area contributed by atoms with Crippen LogP contribution in [-0.2, 0) is 7.05 Å². The number of nitrogens with two attached hydrogens (primary N) is 1. The zero-order valence-corrected chi connectivity index (χ0v) is 12.1. The lowest BCUT2D eigenvalue weighted by Gasteiger charge is -2.18. The third kappa shape index (κ3) is 2.05. The number of benzene rings is 1. The standard InChI is InChI=1S/C16H24N2/c1-10(2)14(8-17)15-9-18(5)16-12(4)6-11(3)7-13(15)16/h6-7,9-10,14H,8,17H2,1-5H3. The predicted octanol–water partition coefficient (Wildman–Crippen LogP) is 3.49. The average Bonchev–Trinajstić information content (AvgIpc) is 2.56. The molecule has 1 aromatic heterocycles. The Balaban J connectivity index is 2.72. The molecule has 0 aliphatic heterocycles. The summed E-state index contributed by atoms with van der Waals surface area (Å²) in [6.07, 6.45) is 2.26. The van der Waals surface area contributed by atoms with Crippen molar-refractivity contribution in [3.63, 3.8) is 0 Å². The quantitative estimate of drug-likeness (QED) is 0.880. The van der Waals surface area contributed by atoms with Gasteiger partial charge in [0.25, 0.3) is 0 Å². The van der Waals surface area contributed by atoms with E-state index in [-0.39, 0.29) is 0 Å². The average molecular weight is 244 g/mol. The van der Waals surface area contributed by atoms with E-state index in [2.05, 4.69) is 57.6 Å². The molecule has 0 saturated heterocycles. The number of aryl methyl sites for hydroxylation is 3. The third-order valence-corrected chi connectivity index (χ3v) is 3.90. The van der Waals surface area contributed by atoms with Gasteiger partial charge in [0.05, 0.1) is 5.52 Å². The maximum absolute atomic E-state index is 5.97. The number of nitrogens with zero attached hydrogens (tertiary/aromatic N) is 1. The monoisotopic (exact) mass is 244 g/mol. The second-order valence-electron chi connectivity index (χ2n) is 5.76. The summed E-state index contributed by atoms with van der Waals surface area (Å²) >= 11 is 0. The molecule has 2 rings (SSSR count). The fourth-order valence-corrected chi connectivity index (χ4v) is 3.04. The van der Waals surface area contributed by atoms with E-state index in [1.54, 1.807) is 0 Å². The number of fused-ring (bicyclic) bond motifs is 1. The van der Waals surface area contributed by atoms with Crippen molar-refractivity contribution < 1.29 is 0 Å². The van der Waals surface area contributed by atoms with Crippen LogP contribution in [0, 0.1) is 19.8 Å². The Hall–Kier alpha value is -1.28. The van der Waals surface area contributed by atoms with Gasteiger partial charge < -0.3 is 10.3 Å². The van der Waals surface area contributed by atoms with Crippen molar-refractivity contribution in [2.75, 3.05) is 6.54 Å². The van der Waals surface area contributed by atoms with Gasteiger partial charge in [-0.25, -0.2) is 0 Å². The first kappa shape index (κ1) is 13.2. The molecule has 0 fully saturated rings. The van der Waals surface area contributed by atoms with Gasteiger partial charge in [-0.15, -0.1) is 0 Å². The van der Waals surface area contributed by atoms with Gasteiger partial charge in [-0.3, -0.25) is 0 Å². The van der Waals surface area contributed by atoms with E-state index >= 15 is 0 Å². The summed E-state index contributed by atoms with van der Waals surface area (Å²) in [6, 6.07) is 4.54. The van der Waals surface area contributed by atoms with Gasteiger partial charge >= 0.3 is 0 Å². The molecule has 98 valence electrons. The molecule has 18 heavy (non-hydrogen) atoms. The van der Waals surface area contributed by atoms with Crippen LogP contribution >= 0.6 is 0 Å². The highest BCUT2D eigenvalue weighted by Gasteiger charge is 2.19. The highest BCUT2D eigenvalue weighted by Crippen LogP contribution is 2.33. The van der Waals surface area contributed by atoms with E-state index in [0.29, 0.717) is 18.4 Å². The Morgan fingerprint density at radius 2 is 1.89 bits per heavy atom. The molecule has 1 atom stereocenters. The van der Waals surface area contributed by atoms with Crippen molar-refractivity contribution in [1.82, 2.24) is 4.57 Å². The molecule has 0 radical (unpaired) electrons. The molecule has 2 N–H and O–H groups in total. The van der Waals surface area contributed by atoms with Gasteiger partial charge in [0.2, 0.25) is 0 Å². The minimum Gasteiger partial charge on any atom is -0.350 e. The summed E-state index contributed by atoms with van der Waals surface area (Å²) in [7, 11) is 2.13. The Morgan fingerprint density at radius 3 is 2.44 bits per heavy atom.